The predicted molar refractivity (Wildman–Crippen MR) is 76.7 cm³/mol. The van der Waals surface area contributed by atoms with Crippen molar-refractivity contribution in [3.63, 3.8) is 0 Å². The Balaban J connectivity index is 2.36. The minimum absolute atomic E-state index is 0.0125. The van der Waals surface area contributed by atoms with E-state index in [2.05, 4.69) is 30.7 Å². The molecule has 19 heavy (non-hydrogen) atoms. The van der Waals surface area contributed by atoms with Crippen molar-refractivity contribution in [3.05, 3.63) is 23.8 Å². The Bertz CT molecular complexity index is 499. The molecule has 3 N–H and O–H groups in total. The summed E-state index contributed by atoms with van der Waals surface area (Å²) >= 11 is 0. The summed E-state index contributed by atoms with van der Waals surface area (Å²) in [5.74, 6) is -0.910. The van der Waals surface area contributed by atoms with Gasteiger partial charge in [-0.05, 0) is 39.1 Å². The van der Waals surface area contributed by atoms with Crippen LogP contribution in [0.4, 0.5) is 11.4 Å². The van der Waals surface area contributed by atoms with Gasteiger partial charge >= 0.3 is 5.97 Å². The first-order chi connectivity index (χ1) is 8.81. The normalized spacial score (nSPS) is 19.4. The predicted octanol–water partition coefficient (Wildman–Crippen LogP) is 1.50. The molecule has 0 saturated carbocycles. The summed E-state index contributed by atoms with van der Waals surface area (Å²) in [4.78, 5) is 15.7. The van der Waals surface area contributed by atoms with E-state index in [4.69, 9.17) is 5.73 Å². The second kappa shape index (κ2) is 4.74. The summed E-state index contributed by atoms with van der Waals surface area (Å²) in [7, 11) is 2.09. The molecule has 1 fully saturated rings. The van der Waals surface area contributed by atoms with Gasteiger partial charge in [-0.15, -0.1) is 0 Å². The second-order valence-corrected chi connectivity index (χ2v) is 5.74. The van der Waals surface area contributed by atoms with Crippen molar-refractivity contribution in [3.8, 4) is 0 Å². The Morgan fingerprint density at radius 2 is 2.05 bits per heavy atom. The lowest BCUT2D eigenvalue weighted by molar-refractivity contribution is 0.0696. The van der Waals surface area contributed by atoms with Gasteiger partial charge in [-0.1, -0.05) is 0 Å². The number of rotatable bonds is 2. The van der Waals surface area contributed by atoms with Gasteiger partial charge in [0.25, 0.3) is 0 Å². The van der Waals surface area contributed by atoms with Crippen LogP contribution in [0.2, 0.25) is 0 Å². The molecule has 0 atom stereocenters. The van der Waals surface area contributed by atoms with Gasteiger partial charge < -0.3 is 15.7 Å². The first-order valence-electron chi connectivity index (χ1n) is 6.40. The van der Waals surface area contributed by atoms with Gasteiger partial charge in [-0.25, -0.2) is 4.79 Å². The molecule has 0 spiro atoms. The fourth-order valence-electron chi connectivity index (χ4n) is 2.44. The number of piperazine rings is 1. The van der Waals surface area contributed by atoms with Crippen molar-refractivity contribution in [2.24, 2.45) is 0 Å². The minimum atomic E-state index is -0.910. The van der Waals surface area contributed by atoms with Crippen molar-refractivity contribution >= 4 is 17.3 Å². The van der Waals surface area contributed by atoms with E-state index in [0.29, 0.717) is 16.9 Å². The van der Waals surface area contributed by atoms with Crippen LogP contribution in [0.3, 0.4) is 0 Å². The third-order valence-electron chi connectivity index (χ3n) is 3.91. The molecule has 1 aliphatic heterocycles. The number of aromatic carboxylic acids is 1. The molecular formula is C14H21N3O2. The molecule has 0 amide bonds. The summed E-state index contributed by atoms with van der Waals surface area (Å²) in [6, 6.07) is 4.97. The number of carbonyl (C=O) groups is 1. The molecule has 5 nitrogen and oxygen atoms in total. The molecule has 0 aliphatic carbocycles. The first kappa shape index (κ1) is 13.7. The lowest BCUT2D eigenvalue weighted by atomic mass is 9.98. The number of nitrogen functional groups attached to an aromatic ring is 1. The van der Waals surface area contributed by atoms with Crippen LogP contribution in [0.25, 0.3) is 0 Å². The number of nitrogens with two attached hydrogens (primary N) is 1. The van der Waals surface area contributed by atoms with Crippen molar-refractivity contribution in [2.45, 2.75) is 19.4 Å². The van der Waals surface area contributed by atoms with E-state index in [-0.39, 0.29) is 5.54 Å². The lowest BCUT2D eigenvalue weighted by Crippen LogP contribution is -2.58. The first-order valence-corrected chi connectivity index (χ1v) is 6.40. The van der Waals surface area contributed by atoms with Gasteiger partial charge in [0.15, 0.2) is 0 Å². The van der Waals surface area contributed by atoms with E-state index in [1.165, 1.54) is 0 Å². The average molecular weight is 263 g/mol. The molecule has 1 aromatic carbocycles. The van der Waals surface area contributed by atoms with Gasteiger partial charge in [-0.3, -0.25) is 4.90 Å². The Labute approximate surface area is 113 Å². The molecule has 1 saturated heterocycles. The standard InChI is InChI=1S/C14H21N3O2/c1-14(2)9-17(7-6-16(14)3)12-8-10(15)4-5-11(12)13(18)19/h4-5,8H,6-7,9,15H2,1-3H3,(H,18,19). The number of likely N-dealkylation sites (N-methyl/N-ethyl adjacent to an activating group) is 1. The molecule has 0 bridgehead atoms. The zero-order chi connectivity index (χ0) is 14.2. The highest BCUT2D eigenvalue weighted by Crippen LogP contribution is 2.29. The van der Waals surface area contributed by atoms with E-state index < -0.39 is 5.97 Å². The summed E-state index contributed by atoms with van der Waals surface area (Å²) in [6.07, 6.45) is 0. The summed E-state index contributed by atoms with van der Waals surface area (Å²) in [5.41, 5.74) is 7.44. The quantitative estimate of drug-likeness (QED) is 0.791. The smallest absolute Gasteiger partial charge is 0.337 e. The molecule has 0 unspecified atom stereocenters. The van der Waals surface area contributed by atoms with Gasteiger partial charge in [0.1, 0.15) is 0 Å². The molecule has 0 aromatic heterocycles. The number of carboxylic acids is 1. The van der Waals surface area contributed by atoms with E-state index >= 15 is 0 Å². The maximum atomic E-state index is 11.3. The highest BCUT2D eigenvalue weighted by atomic mass is 16.4. The molecule has 1 aromatic rings. The van der Waals surface area contributed by atoms with Crippen LogP contribution in [-0.4, -0.2) is 48.2 Å². The van der Waals surface area contributed by atoms with Gasteiger partial charge in [0.05, 0.1) is 11.3 Å². The number of hydrogen-bond donors (Lipinski definition) is 2. The van der Waals surface area contributed by atoms with E-state index in [0.717, 1.165) is 19.6 Å². The number of anilines is 2. The monoisotopic (exact) mass is 263 g/mol. The van der Waals surface area contributed by atoms with Gasteiger partial charge in [0, 0.05) is 30.9 Å². The van der Waals surface area contributed by atoms with Crippen LogP contribution < -0.4 is 10.6 Å². The van der Waals surface area contributed by atoms with Crippen LogP contribution >= 0.6 is 0 Å². The van der Waals surface area contributed by atoms with Crippen molar-refractivity contribution in [2.75, 3.05) is 37.3 Å². The van der Waals surface area contributed by atoms with Crippen molar-refractivity contribution in [1.82, 2.24) is 4.90 Å². The maximum absolute atomic E-state index is 11.3. The molecule has 5 heteroatoms. The zero-order valence-electron chi connectivity index (χ0n) is 11.7. The third kappa shape index (κ3) is 2.66. The van der Waals surface area contributed by atoms with Crippen LogP contribution in [0.1, 0.15) is 24.2 Å². The highest BCUT2D eigenvalue weighted by Gasteiger charge is 2.32. The Kier molecular flexibility index (Phi) is 3.41. The Hall–Kier alpha value is -1.75. The minimum Gasteiger partial charge on any atom is -0.478 e. The molecule has 1 heterocycles. The summed E-state index contributed by atoms with van der Waals surface area (Å²) in [6.45, 7) is 6.82. The number of hydrogen-bond acceptors (Lipinski definition) is 4. The lowest BCUT2D eigenvalue weighted by Gasteiger charge is -2.46. The second-order valence-electron chi connectivity index (χ2n) is 5.74. The Morgan fingerprint density at radius 1 is 1.37 bits per heavy atom. The maximum Gasteiger partial charge on any atom is 0.337 e. The summed E-state index contributed by atoms with van der Waals surface area (Å²) < 4.78 is 0. The topological polar surface area (TPSA) is 69.8 Å². The summed E-state index contributed by atoms with van der Waals surface area (Å²) in [5, 5.41) is 9.29. The molecular weight excluding hydrogens is 242 g/mol. The fourth-order valence-corrected chi connectivity index (χ4v) is 2.44. The highest BCUT2D eigenvalue weighted by molar-refractivity contribution is 5.95. The average Bonchev–Trinajstić information content (AvgIpc) is 2.32. The van der Waals surface area contributed by atoms with Crippen LogP contribution in [0.5, 0.6) is 0 Å². The van der Waals surface area contributed by atoms with E-state index in [1.807, 2.05) is 0 Å². The molecule has 0 radical (unpaired) electrons. The van der Waals surface area contributed by atoms with E-state index in [1.54, 1.807) is 18.2 Å². The van der Waals surface area contributed by atoms with Crippen LogP contribution in [-0.2, 0) is 0 Å². The third-order valence-corrected chi connectivity index (χ3v) is 3.91. The number of nitrogens with zero attached hydrogens (tertiary/aromatic N) is 2. The SMILES string of the molecule is CN1CCN(c2cc(N)ccc2C(=O)O)CC1(C)C. The molecule has 1 aliphatic rings. The largest absolute Gasteiger partial charge is 0.478 e. The van der Waals surface area contributed by atoms with Crippen LogP contribution in [0, 0.1) is 0 Å². The number of benzene rings is 1. The zero-order valence-corrected chi connectivity index (χ0v) is 11.7. The van der Waals surface area contributed by atoms with Crippen molar-refractivity contribution in [1.29, 1.82) is 0 Å². The van der Waals surface area contributed by atoms with Crippen LogP contribution in [0.15, 0.2) is 18.2 Å². The fraction of sp³-hybridized carbons (Fsp3) is 0.500. The van der Waals surface area contributed by atoms with E-state index in [9.17, 15) is 9.90 Å². The van der Waals surface area contributed by atoms with Gasteiger partial charge in [0.2, 0.25) is 0 Å². The molecule has 2 rings (SSSR count). The van der Waals surface area contributed by atoms with Crippen molar-refractivity contribution < 1.29 is 9.90 Å². The molecule has 104 valence electrons. The van der Waals surface area contributed by atoms with Gasteiger partial charge in [-0.2, -0.15) is 0 Å². The number of carboxylic acid groups (broad SMARTS) is 1. The Morgan fingerprint density at radius 3 is 2.63 bits per heavy atom.